The van der Waals surface area contributed by atoms with Crippen molar-refractivity contribution in [2.45, 2.75) is 20.5 Å². The molecule has 2 rings (SSSR count). The van der Waals surface area contributed by atoms with E-state index in [0.29, 0.717) is 5.82 Å². The fraction of sp³-hybridized carbons (Fsp3) is 0.300. The minimum atomic E-state index is -0.240. The van der Waals surface area contributed by atoms with Gasteiger partial charge in [-0.15, -0.1) is 0 Å². The Bertz CT molecular complexity index is 459. The summed E-state index contributed by atoms with van der Waals surface area (Å²) in [6.07, 6.45) is 0. The molecule has 0 aliphatic rings. The first-order valence-electron chi connectivity index (χ1n) is 4.58. The van der Waals surface area contributed by atoms with Gasteiger partial charge in [-0.1, -0.05) is 5.16 Å². The van der Waals surface area contributed by atoms with Gasteiger partial charge in [0, 0.05) is 17.0 Å². The molecule has 0 aliphatic heterocycles. The van der Waals surface area contributed by atoms with Gasteiger partial charge in [-0.3, -0.25) is 4.98 Å². The lowest BCUT2D eigenvalue weighted by molar-refractivity contribution is 0.222. The summed E-state index contributed by atoms with van der Waals surface area (Å²) >= 11 is 0. The normalized spacial score (nSPS) is 10.6. The number of hydrogen-bond acceptors (Lipinski definition) is 5. The predicted molar refractivity (Wildman–Crippen MR) is 52.9 cm³/mol. The molecule has 0 radical (unpaired) electrons. The zero-order valence-electron chi connectivity index (χ0n) is 8.56. The van der Waals surface area contributed by atoms with Crippen LogP contribution < -0.4 is 0 Å². The number of aliphatic hydroxyl groups is 1. The van der Waals surface area contributed by atoms with E-state index in [1.165, 1.54) is 0 Å². The van der Waals surface area contributed by atoms with Crippen molar-refractivity contribution in [3.63, 3.8) is 0 Å². The molecule has 0 bridgehead atoms. The van der Waals surface area contributed by atoms with Crippen molar-refractivity contribution in [1.29, 1.82) is 0 Å². The second-order valence-corrected chi connectivity index (χ2v) is 3.31. The molecule has 0 spiro atoms. The zero-order valence-corrected chi connectivity index (χ0v) is 8.56. The fourth-order valence-corrected chi connectivity index (χ4v) is 1.40. The zero-order chi connectivity index (χ0) is 10.8. The lowest BCUT2D eigenvalue weighted by atomic mass is 10.2. The average molecular weight is 205 g/mol. The van der Waals surface area contributed by atoms with Gasteiger partial charge in [-0.25, -0.2) is 0 Å². The molecule has 2 heterocycles. The number of rotatable bonds is 2. The van der Waals surface area contributed by atoms with Crippen LogP contribution in [0.5, 0.6) is 0 Å². The maximum atomic E-state index is 8.80. The lowest BCUT2D eigenvalue weighted by Crippen LogP contribution is -1.89. The van der Waals surface area contributed by atoms with Crippen molar-refractivity contribution in [3.05, 3.63) is 29.4 Å². The quantitative estimate of drug-likeness (QED) is 0.798. The molecule has 0 amide bonds. The Labute approximate surface area is 86.8 Å². The molecule has 2 aromatic rings. The van der Waals surface area contributed by atoms with Crippen molar-refractivity contribution in [3.8, 4) is 11.4 Å². The minimum Gasteiger partial charge on any atom is -0.387 e. The summed E-state index contributed by atoms with van der Waals surface area (Å²) in [6, 6.07) is 3.75. The van der Waals surface area contributed by atoms with Gasteiger partial charge in [0.1, 0.15) is 6.61 Å². The highest BCUT2D eigenvalue weighted by atomic mass is 16.5. The third-order valence-electron chi connectivity index (χ3n) is 1.94. The number of nitrogens with zero attached hydrogens (tertiary/aromatic N) is 3. The summed E-state index contributed by atoms with van der Waals surface area (Å²) in [7, 11) is 0. The molecule has 0 atom stereocenters. The highest BCUT2D eigenvalue weighted by Crippen LogP contribution is 2.17. The molecule has 0 aliphatic carbocycles. The maximum absolute atomic E-state index is 8.80. The van der Waals surface area contributed by atoms with E-state index in [2.05, 4.69) is 15.1 Å². The van der Waals surface area contributed by atoms with E-state index in [1.807, 2.05) is 26.0 Å². The Hall–Kier alpha value is -1.75. The molecule has 5 heteroatoms. The third-order valence-corrected chi connectivity index (χ3v) is 1.94. The van der Waals surface area contributed by atoms with Gasteiger partial charge in [0.2, 0.25) is 5.82 Å². The largest absolute Gasteiger partial charge is 0.387 e. The van der Waals surface area contributed by atoms with Crippen LogP contribution in [0.25, 0.3) is 11.4 Å². The van der Waals surface area contributed by atoms with Crippen molar-refractivity contribution in [1.82, 2.24) is 15.1 Å². The monoisotopic (exact) mass is 205 g/mol. The summed E-state index contributed by atoms with van der Waals surface area (Å²) in [5.74, 6) is 0.699. The predicted octanol–water partition coefficient (Wildman–Crippen LogP) is 1.24. The molecule has 0 saturated carbocycles. The number of aromatic nitrogens is 3. The second kappa shape index (κ2) is 3.78. The topological polar surface area (TPSA) is 72.0 Å². The standard InChI is InChI=1S/C10H11N3O2/c1-6-3-8(4-7(2)11-6)10-12-9(5-14)15-13-10/h3-4,14H,5H2,1-2H3. The Kier molecular flexibility index (Phi) is 2.47. The highest BCUT2D eigenvalue weighted by Gasteiger charge is 2.08. The van der Waals surface area contributed by atoms with E-state index in [9.17, 15) is 0 Å². The first kappa shape index (κ1) is 9.79. The molecule has 1 N–H and O–H groups in total. The van der Waals surface area contributed by atoms with Gasteiger partial charge >= 0.3 is 0 Å². The highest BCUT2D eigenvalue weighted by molar-refractivity contribution is 5.55. The first-order valence-corrected chi connectivity index (χ1v) is 4.58. The third kappa shape index (κ3) is 2.02. The van der Waals surface area contributed by atoms with Crippen LogP contribution in [-0.2, 0) is 6.61 Å². The van der Waals surface area contributed by atoms with Gasteiger partial charge in [0.15, 0.2) is 0 Å². The molecule has 0 fully saturated rings. The van der Waals surface area contributed by atoms with Gasteiger partial charge in [-0.05, 0) is 26.0 Å². The van der Waals surface area contributed by atoms with Crippen molar-refractivity contribution < 1.29 is 9.63 Å². The van der Waals surface area contributed by atoms with Crippen LogP contribution in [0.2, 0.25) is 0 Å². The smallest absolute Gasteiger partial charge is 0.252 e. The molecule has 0 saturated heterocycles. The molecule has 5 nitrogen and oxygen atoms in total. The summed E-state index contributed by atoms with van der Waals surface area (Å²) in [4.78, 5) is 8.28. The Morgan fingerprint density at radius 3 is 2.40 bits per heavy atom. The van der Waals surface area contributed by atoms with Crippen LogP contribution >= 0.6 is 0 Å². The molecule has 2 aromatic heterocycles. The van der Waals surface area contributed by atoms with Crippen LogP contribution in [0.4, 0.5) is 0 Å². The molecule has 15 heavy (non-hydrogen) atoms. The van der Waals surface area contributed by atoms with E-state index in [-0.39, 0.29) is 12.5 Å². The summed E-state index contributed by atoms with van der Waals surface area (Å²) in [5.41, 5.74) is 2.66. The van der Waals surface area contributed by atoms with Crippen LogP contribution in [0.1, 0.15) is 17.3 Å². The maximum Gasteiger partial charge on any atom is 0.252 e. The Balaban J connectivity index is 2.44. The van der Waals surface area contributed by atoms with E-state index >= 15 is 0 Å². The fourth-order valence-electron chi connectivity index (χ4n) is 1.40. The minimum absolute atomic E-state index is 0.220. The molecule has 0 aromatic carbocycles. The molecular weight excluding hydrogens is 194 g/mol. The SMILES string of the molecule is Cc1cc(-c2noc(CO)n2)cc(C)n1. The van der Waals surface area contributed by atoms with Gasteiger partial charge in [0.25, 0.3) is 5.89 Å². The summed E-state index contributed by atoms with van der Waals surface area (Å²) in [6.45, 7) is 3.57. The number of pyridine rings is 1. The second-order valence-electron chi connectivity index (χ2n) is 3.31. The number of hydrogen-bond donors (Lipinski definition) is 1. The molecule has 0 unspecified atom stereocenters. The summed E-state index contributed by atoms with van der Waals surface area (Å²) in [5, 5.41) is 12.6. The van der Waals surface area contributed by atoms with Crippen molar-refractivity contribution in [2.24, 2.45) is 0 Å². The van der Waals surface area contributed by atoms with Crippen LogP contribution in [0, 0.1) is 13.8 Å². The van der Waals surface area contributed by atoms with Crippen LogP contribution in [0.15, 0.2) is 16.7 Å². The van der Waals surface area contributed by atoms with Crippen LogP contribution in [0.3, 0.4) is 0 Å². The number of aryl methyl sites for hydroxylation is 2. The Morgan fingerprint density at radius 1 is 1.20 bits per heavy atom. The first-order chi connectivity index (χ1) is 7.19. The molecule has 78 valence electrons. The van der Waals surface area contributed by atoms with Gasteiger partial charge in [-0.2, -0.15) is 4.98 Å². The van der Waals surface area contributed by atoms with Gasteiger partial charge < -0.3 is 9.63 Å². The number of aliphatic hydroxyl groups excluding tert-OH is 1. The average Bonchev–Trinajstić information content (AvgIpc) is 2.64. The summed E-state index contributed by atoms with van der Waals surface area (Å²) < 4.78 is 4.82. The van der Waals surface area contributed by atoms with E-state index in [1.54, 1.807) is 0 Å². The van der Waals surface area contributed by atoms with E-state index in [4.69, 9.17) is 9.63 Å². The van der Waals surface area contributed by atoms with Gasteiger partial charge in [0.05, 0.1) is 0 Å². The van der Waals surface area contributed by atoms with E-state index in [0.717, 1.165) is 17.0 Å². The van der Waals surface area contributed by atoms with Crippen molar-refractivity contribution >= 4 is 0 Å². The Morgan fingerprint density at radius 2 is 1.87 bits per heavy atom. The lowest BCUT2D eigenvalue weighted by Gasteiger charge is -1.98. The van der Waals surface area contributed by atoms with Crippen molar-refractivity contribution in [2.75, 3.05) is 0 Å². The van der Waals surface area contributed by atoms with Crippen LogP contribution in [-0.4, -0.2) is 20.2 Å². The van der Waals surface area contributed by atoms with E-state index < -0.39 is 0 Å². The molecular formula is C10H11N3O2.